The van der Waals surface area contributed by atoms with E-state index < -0.39 is 0 Å². The molecule has 2 aromatic rings. The Kier molecular flexibility index (Phi) is 15.1. The van der Waals surface area contributed by atoms with Gasteiger partial charge in [-0.1, -0.05) is 43.8 Å². The van der Waals surface area contributed by atoms with Crippen LogP contribution in [0.25, 0.3) is 0 Å². The van der Waals surface area contributed by atoms with Gasteiger partial charge in [0.05, 0.1) is 6.21 Å². The maximum atomic E-state index is 10.9. The summed E-state index contributed by atoms with van der Waals surface area (Å²) < 4.78 is 0. The number of unbranched alkanes of at least 4 members (excludes halogenated alkanes) is 3. The van der Waals surface area contributed by atoms with Gasteiger partial charge in [0.1, 0.15) is 37.8 Å². The molecule has 0 aliphatic carbocycles. The van der Waals surface area contributed by atoms with Crippen LogP contribution in [0.4, 0.5) is 0 Å². The predicted molar refractivity (Wildman–Crippen MR) is 140 cm³/mol. The largest absolute Gasteiger partial charge is 0.396 e. The first-order chi connectivity index (χ1) is 16.9. The van der Waals surface area contributed by atoms with Crippen LogP contribution in [0.2, 0.25) is 0 Å². The second kappa shape index (κ2) is 17.9. The van der Waals surface area contributed by atoms with Gasteiger partial charge >= 0.3 is 0 Å². The first kappa shape index (κ1) is 29.5. The number of hydrogen-bond donors (Lipinski definition) is 0. The lowest BCUT2D eigenvalue weighted by molar-refractivity contribution is -0.105. The molecule has 0 aliphatic heterocycles. The molecule has 0 radical (unpaired) electrons. The zero-order valence-electron chi connectivity index (χ0n) is 20.0. The molecule has 0 amide bonds. The summed E-state index contributed by atoms with van der Waals surface area (Å²) in [6, 6.07) is 12.1. The molecular weight excluding hydrogens is 467 g/mol. The number of carbonyl (C=O) groups excluding carboxylic acids is 4. The van der Waals surface area contributed by atoms with Crippen LogP contribution in [-0.2, 0) is 14.5 Å². The van der Waals surface area contributed by atoms with Gasteiger partial charge in [-0.05, 0) is 68.9 Å². The lowest BCUT2D eigenvalue weighted by Gasteiger charge is -2.01. The molecule has 2 rings (SSSR count). The minimum atomic E-state index is -0.160. The number of aryl methyl sites for hydroxylation is 1. The van der Waals surface area contributed by atoms with Gasteiger partial charge in [0.15, 0.2) is 5.52 Å². The highest BCUT2D eigenvalue weighted by Gasteiger charge is 1.98. The van der Waals surface area contributed by atoms with Crippen molar-refractivity contribution in [1.29, 1.82) is 0 Å². The first-order valence-corrected chi connectivity index (χ1v) is 11.7. The molecule has 8 nitrogen and oxygen atoms in total. The van der Waals surface area contributed by atoms with Crippen LogP contribution in [0.5, 0.6) is 0 Å². The molecule has 0 aliphatic rings. The Hall–Kier alpha value is -3.51. The summed E-state index contributed by atoms with van der Waals surface area (Å²) in [5.41, 5.74) is 3.74. The molecular formula is C26H31N2O6P. The van der Waals surface area contributed by atoms with Gasteiger partial charge in [0.25, 0.3) is 0 Å². The number of nitrogens with zero attached hydrogens (tertiary/aromatic N) is 2. The standard InChI is InChI=1S/C17H23N2O4P.C9H8O2/c1-14(17(21)24)19-23-11-5-3-2-4-10-22-18-12-15-6-8-16(13-20)9-7-15;1-7-2-8(5-10)4-9(3-7)6-11/h6-9,12-13H,2-5,10-11,24H2,1H3;2-6H,1H3/b18-12-,19-14+;. The molecule has 1 atom stereocenters. The monoisotopic (exact) mass is 498 g/mol. The highest BCUT2D eigenvalue weighted by molar-refractivity contribution is 7.45. The third-order valence-electron chi connectivity index (χ3n) is 4.52. The van der Waals surface area contributed by atoms with E-state index in [-0.39, 0.29) is 5.52 Å². The van der Waals surface area contributed by atoms with Crippen LogP contribution < -0.4 is 0 Å². The van der Waals surface area contributed by atoms with E-state index >= 15 is 0 Å². The molecule has 0 bridgehead atoms. The number of aldehydes is 3. The maximum absolute atomic E-state index is 10.9. The third-order valence-corrected chi connectivity index (χ3v) is 4.94. The molecule has 0 saturated carbocycles. The van der Waals surface area contributed by atoms with Crippen molar-refractivity contribution in [2.75, 3.05) is 13.2 Å². The van der Waals surface area contributed by atoms with Gasteiger partial charge in [-0.3, -0.25) is 19.2 Å². The molecule has 2 aromatic carbocycles. The van der Waals surface area contributed by atoms with E-state index in [0.29, 0.717) is 35.6 Å². The van der Waals surface area contributed by atoms with Gasteiger partial charge in [-0.25, -0.2) is 0 Å². The van der Waals surface area contributed by atoms with Crippen LogP contribution in [0, 0.1) is 6.92 Å². The Labute approximate surface area is 208 Å². The van der Waals surface area contributed by atoms with Gasteiger partial charge in [0, 0.05) is 16.7 Å². The fourth-order valence-corrected chi connectivity index (χ4v) is 2.72. The second-order valence-electron chi connectivity index (χ2n) is 7.55. The van der Waals surface area contributed by atoms with Crippen LogP contribution in [0.1, 0.15) is 74.8 Å². The number of rotatable bonds is 14. The van der Waals surface area contributed by atoms with E-state index in [9.17, 15) is 19.2 Å². The van der Waals surface area contributed by atoms with Crippen molar-refractivity contribution in [3.63, 3.8) is 0 Å². The van der Waals surface area contributed by atoms with Crippen molar-refractivity contribution >= 4 is 45.5 Å². The van der Waals surface area contributed by atoms with Crippen molar-refractivity contribution in [3.05, 3.63) is 70.3 Å². The van der Waals surface area contributed by atoms with Crippen molar-refractivity contribution in [2.45, 2.75) is 39.5 Å². The number of benzene rings is 2. The quantitative estimate of drug-likeness (QED) is 0.121. The molecule has 35 heavy (non-hydrogen) atoms. The van der Waals surface area contributed by atoms with Crippen LogP contribution >= 0.6 is 9.24 Å². The van der Waals surface area contributed by atoms with Gasteiger partial charge in [0.2, 0.25) is 0 Å². The average molecular weight is 499 g/mol. The SMILES string of the molecule is C/C(=N\OCCCCCCO/N=C\c1ccc(C=O)cc1)C(=O)P.Cc1cc(C=O)cc(C=O)c1. The Morgan fingerprint density at radius 1 is 0.800 bits per heavy atom. The molecule has 9 heteroatoms. The number of hydrogen-bond acceptors (Lipinski definition) is 8. The Balaban J connectivity index is 0.000000462. The molecule has 0 fully saturated rings. The molecule has 0 spiro atoms. The Morgan fingerprint density at radius 2 is 1.31 bits per heavy atom. The van der Waals surface area contributed by atoms with Crippen molar-refractivity contribution in [2.24, 2.45) is 10.3 Å². The first-order valence-electron chi connectivity index (χ1n) is 11.1. The van der Waals surface area contributed by atoms with E-state index in [0.717, 1.165) is 55.7 Å². The fraction of sp³-hybridized carbons (Fsp3) is 0.308. The second-order valence-corrected chi connectivity index (χ2v) is 8.08. The molecule has 186 valence electrons. The summed E-state index contributed by atoms with van der Waals surface area (Å²) in [6.07, 6.45) is 7.71. The molecule has 0 heterocycles. The van der Waals surface area contributed by atoms with E-state index in [1.54, 1.807) is 43.5 Å². The summed E-state index contributed by atoms with van der Waals surface area (Å²) in [5.74, 6) is 0. The van der Waals surface area contributed by atoms with Gasteiger partial charge < -0.3 is 9.68 Å². The smallest absolute Gasteiger partial charge is 0.195 e. The van der Waals surface area contributed by atoms with Crippen LogP contribution in [0.15, 0.2) is 52.8 Å². The zero-order chi connectivity index (χ0) is 25.9. The van der Waals surface area contributed by atoms with Gasteiger partial charge in [-0.15, -0.1) is 0 Å². The number of carbonyl (C=O) groups is 4. The summed E-state index contributed by atoms with van der Waals surface area (Å²) in [7, 11) is 2.06. The zero-order valence-corrected chi connectivity index (χ0v) is 21.2. The minimum Gasteiger partial charge on any atom is -0.396 e. The summed E-state index contributed by atoms with van der Waals surface area (Å²) >= 11 is 0. The predicted octanol–water partition coefficient (Wildman–Crippen LogP) is 4.82. The summed E-state index contributed by atoms with van der Waals surface area (Å²) in [5, 5.41) is 7.60. The summed E-state index contributed by atoms with van der Waals surface area (Å²) in [6.45, 7) is 4.53. The fourth-order valence-electron chi connectivity index (χ4n) is 2.67. The lowest BCUT2D eigenvalue weighted by Crippen LogP contribution is -2.02. The summed E-state index contributed by atoms with van der Waals surface area (Å²) in [4.78, 5) is 52.3. The Morgan fingerprint density at radius 3 is 1.83 bits per heavy atom. The van der Waals surface area contributed by atoms with E-state index in [1.165, 1.54) is 0 Å². The molecule has 0 N–H and O–H groups in total. The normalized spacial score (nSPS) is 10.8. The van der Waals surface area contributed by atoms with E-state index in [4.69, 9.17) is 9.68 Å². The van der Waals surface area contributed by atoms with E-state index in [2.05, 4.69) is 19.6 Å². The van der Waals surface area contributed by atoms with Crippen LogP contribution in [-0.4, -0.2) is 49.5 Å². The highest BCUT2D eigenvalue weighted by atomic mass is 31.0. The topological polar surface area (TPSA) is 111 Å². The maximum Gasteiger partial charge on any atom is 0.195 e. The molecule has 0 saturated heterocycles. The van der Waals surface area contributed by atoms with Crippen molar-refractivity contribution < 1.29 is 28.9 Å². The van der Waals surface area contributed by atoms with E-state index in [1.807, 2.05) is 19.1 Å². The minimum absolute atomic E-state index is 0.160. The Bertz CT molecular complexity index is 993. The van der Waals surface area contributed by atoms with Crippen LogP contribution in [0.3, 0.4) is 0 Å². The van der Waals surface area contributed by atoms with Gasteiger partial charge in [-0.2, -0.15) is 0 Å². The van der Waals surface area contributed by atoms with Crippen molar-refractivity contribution in [1.82, 2.24) is 0 Å². The van der Waals surface area contributed by atoms with Crippen molar-refractivity contribution in [3.8, 4) is 0 Å². The molecule has 1 unspecified atom stereocenters. The lowest BCUT2D eigenvalue weighted by atomic mass is 10.1. The third kappa shape index (κ3) is 13.7. The number of oxime groups is 2. The molecule has 0 aromatic heterocycles. The highest BCUT2D eigenvalue weighted by Crippen LogP contribution is 2.06. The average Bonchev–Trinajstić information content (AvgIpc) is 2.87.